The summed E-state index contributed by atoms with van der Waals surface area (Å²) in [6.07, 6.45) is 0. The predicted octanol–water partition coefficient (Wildman–Crippen LogP) is 2.93. The van der Waals surface area contributed by atoms with Crippen molar-refractivity contribution in [2.24, 2.45) is 5.92 Å². The van der Waals surface area contributed by atoms with Crippen molar-refractivity contribution in [1.29, 1.82) is 0 Å². The number of carbonyl (C=O) groups excluding carboxylic acids is 2. The molecule has 1 atom stereocenters. The summed E-state index contributed by atoms with van der Waals surface area (Å²) in [7, 11) is -3.62. The minimum Gasteiger partial charge on any atom is -0.484 e. The summed E-state index contributed by atoms with van der Waals surface area (Å²) in [5.41, 5.74) is 0.818. The fourth-order valence-corrected chi connectivity index (χ4v) is 5.23. The van der Waals surface area contributed by atoms with E-state index in [1.54, 1.807) is 31.2 Å². The fourth-order valence-electron chi connectivity index (χ4n) is 3.69. The zero-order chi connectivity index (χ0) is 27.0. The van der Waals surface area contributed by atoms with Crippen LogP contribution in [0.1, 0.15) is 26.3 Å². The molecule has 2 aromatic rings. The molecule has 11 heteroatoms. The molecule has 9 nitrogen and oxygen atoms in total. The number of halogens is 1. The lowest BCUT2D eigenvalue weighted by Gasteiger charge is -2.29. The first-order chi connectivity index (χ1) is 17.6. The van der Waals surface area contributed by atoms with Crippen LogP contribution in [0.3, 0.4) is 0 Å². The van der Waals surface area contributed by atoms with Crippen molar-refractivity contribution in [2.45, 2.75) is 38.3 Å². The van der Waals surface area contributed by atoms with Crippen LogP contribution in [-0.4, -0.2) is 74.9 Å². The van der Waals surface area contributed by atoms with Crippen LogP contribution < -0.4 is 10.1 Å². The zero-order valence-corrected chi connectivity index (χ0v) is 22.9. The second-order valence-electron chi connectivity index (χ2n) is 9.24. The van der Waals surface area contributed by atoms with Crippen LogP contribution in [0, 0.1) is 5.92 Å². The van der Waals surface area contributed by atoms with Gasteiger partial charge >= 0.3 is 0 Å². The summed E-state index contributed by atoms with van der Waals surface area (Å²) >= 11 is 5.98. The molecule has 1 fully saturated rings. The summed E-state index contributed by atoms with van der Waals surface area (Å²) in [6.45, 7) is 7.39. The fraction of sp³-hybridized carbons (Fsp3) is 0.462. The molecule has 1 aliphatic rings. The number of morpholine rings is 1. The van der Waals surface area contributed by atoms with Gasteiger partial charge in [0.25, 0.3) is 5.91 Å². The van der Waals surface area contributed by atoms with E-state index in [2.05, 4.69) is 5.32 Å². The monoisotopic (exact) mass is 551 g/mol. The van der Waals surface area contributed by atoms with Crippen LogP contribution >= 0.6 is 11.6 Å². The van der Waals surface area contributed by atoms with Crippen molar-refractivity contribution in [1.82, 2.24) is 14.5 Å². The predicted molar refractivity (Wildman–Crippen MR) is 141 cm³/mol. The van der Waals surface area contributed by atoms with E-state index in [0.29, 0.717) is 43.6 Å². The third-order valence-corrected chi connectivity index (χ3v) is 8.08. The summed E-state index contributed by atoms with van der Waals surface area (Å²) in [6, 6.07) is 12.3. The minimum atomic E-state index is -3.62. The van der Waals surface area contributed by atoms with Crippen LogP contribution in [0.5, 0.6) is 5.75 Å². The number of hydrogen-bond acceptors (Lipinski definition) is 6. The van der Waals surface area contributed by atoms with Crippen LogP contribution in [0.15, 0.2) is 53.4 Å². The molecule has 2 aromatic carbocycles. The van der Waals surface area contributed by atoms with E-state index in [0.717, 1.165) is 5.56 Å². The molecular formula is C26H34ClN3O6S. The summed E-state index contributed by atoms with van der Waals surface area (Å²) in [4.78, 5) is 27.5. The highest BCUT2D eigenvalue weighted by Gasteiger charge is 2.28. The highest BCUT2D eigenvalue weighted by Crippen LogP contribution is 2.21. The molecule has 1 aliphatic heterocycles. The van der Waals surface area contributed by atoms with Crippen LogP contribution in [-0.2, 0) is 30.9 Å². The summed E-state index contributed by atoms with van der Waals surface area (Å²) in [5.74, 6) is -0.0200. The Bertz CT molecular complexity index is 1150. The Morgan fingerprint density at radius 3 is 2.27 bits per heavy atom. The van der Waals surface area contributed by atoms with Gasteiger partial charge in [-0.3, -0.25) is 9.59 Å². The molecule has 0 bridgehead atoms. The van der Waals surface area contributed by atoms with Crippen LogP contribution in [0.4, 0.5) is 0 Å². The maximum atomic E-state index is 13.2. The molecule has 1 heterocycles. The maximum absolute atomic E-state index is 13.2. The van der Waals surface area contributed by atoms with Crippen molar-refractivity contribution in [2.75, 3.05) is 39.5 Å². The number of carbonyl (C=O) groups is 2. The smallest absolute Gasteiger partial charge is 0.261 e. The molecule has 3 rings (SSSR count). The maximum Gasteiger partial charge on any atom is 0.261 e. The average Bonchev–Trinajstić information content (AvgIpc) is 2.90. The molecule has 0 unspecified atom stereocenters. The van der Waals surface area contributed by atoms with Gasteiger partial charge in [-0.2, -0.15) is 4.31 Å². The Morgan fingerprint density at radius 1 is 1.05 bits per heavy atom. The quantitative estimate of drug-likeness (QED) is 0.460. The molecule has 0 spiro atoms. The molecule has 0 aliphatic carbocycles. The molecule has 37 heavy (non-hydrogen) atoms. The van der Waals surface area contributed by atoms with Gasteiger partial charge in [0.1, 0.15) is 11.8 Å². The number of ether oxygens (including phenoxy) is 2. The van der Waals surface area contributed by atoms with Gasteiger partial charge in [-0.1, -0.05) is 37.6 Å². The zero-order valence-electron chi connectivity index (χ0n) is 21.4. The second-order valence-corrected chi connectivity index (χ2v) is 11.6. The Morgan fingerprint density at radius 2 is 1.68 bits per heavy atom. The number of rotatable bonds is 11. The summed E-state index contributed by atoms with van der Waals surface area (Å²) < 4.78 is 37.9. The second kappa shape index (κ2) is 13.2. The average molecular weight is 552 g/mol. The number of sulfonamides is 1. The van der Waals surface area contributed by atoms with E-state index in [9.17, 15) is 18.0 Å². The van der Waals surface area contributed by atoms with Crippen molar-refractivity contribution in [3.8, 4) is 5.75 Å². The molecule has 1 saturated heterocycles. The van der Waals surface area contributed by atoms with Gasteiger partial charge in [-0.05, 0) is 54.8 Å². The van der Waals surface area contributed by atoms with Gasteiger partial charge in [0.05, 0.1) is 18.1 Å². The van der Waals surface area contributed by atoms with Crippen LogP contribution in [0.2, 0.25) is 5.02 Å². The largest absolute Gasteiger partial charge is 0.484 e. The lowest BCUT2D eigenvalue weighted by atomic mass is 10.1. The van der Waals surface area contributed by atoms with Crippen molar-refractivity contribution >= 4 is 33.4 Å². The lowest BCUT2D eigenvalue weighted by Crippen LogP contribution is -2.49. The normalized spacial score (nSPS) is 15.3. The molecule has 0 saturated carbocycles. The van der Waals surface area contributed by atoms with E-state index in [-0.39, 0.29) is 35.8 Å². The molecule has 202 valence electrons. The first-order valence-corrected chi connectivity index (χ1v) is 14.0. The number of amides is 2. The topological polar surface area (TPSA) is 105 Å². The highest BCUT2D eigenvalue weighted by atomic mass is 35.5. The number of benzene rings is 2. The van der Waals surface area contributed by atoms with E-state index >= 15 is 0 Å². The Balaban J connectivity index is 1.68. The van der Waals surface area contributed by atoms with Crippen molar-refractivity contribution in [3.63, 3.8) is 0 Å². The molecular weight excluding hydrogens is 518 g/mol. The minimum absolute atomic E-state index is 0.146. The number of nitrogens with zero attached hydrogens (tertiary/aromatic N) is 2. The Labute approximate surface area is 223 Å². The molecule has 0 radical (unpaired) electrons. The Kier molecular flexibility index (Phi) is 10.3. The van der Waals surface area contributed by atoms with Gasteiger partial charge in [0, 0.05) is 31.2 Å². The number of nitrogens with one attached hydrogen (secondary N) is 1. The van der Waals surface area contributed by atoms with Gasteiger partial charge < -0.3 is 19.7 Å². The lowest BCUT2D eigenvalue weighted by molar-refractivity contribution is -0.142. The standard InChI is InChI=1S/C26H34ClN3O6S/c1-19(2)16-28-26(32)20(3)30(17-21-4-6-22(27)7-5-21)25(31)18-36-23-8-10-24(11-9-23)37(33,34)29-12-14-35-15-13-29/h4-11,19-20H,12-18H2,1-3H3,(H,28,32)/t20-/m1/s1. The molecule has 1 N–H and O–H groups in total. The van der Waals surface area contributed by atoms with E-state index in [1.165, 1.54) is 33.5 Å². The van der Waals surface area contributed by atoms with Gasteiger partial charge in [-0.15, -0.1) is 0 Å². The Hall–Kier alpha value is -2.66. The third-order valence-electron chi connectivity index (χ3n) is 5.91. The SMILES string of the molecule is CC(C)CNC(=O)[C@@H](C)N(Cc1ccc(Cl)cc1)C(=O)COc1ccc(S(=O)(=O)N2CCOCC2)cc1. The van der Waals surface area contributed by atoms with Gasteiger partial charge in [0.15, 0.2) is 6.61 Å². The van der Waals surface area contributed by atoms with Crippen molar-refractivity contribution in [3.05, 3.63) is 59.1 Å². The first kappa shape index (κ1) is 28.9. The van der Waals surface area contributed by atoms with E-state index in [1.807, 2.05) is 13.8 Å². The molecule has 0 aromatic heterocycles. The van der Waals surface area contributed by atoms with Crippen molar-refractivity contribution < 1.29 is 27.5 Å². The summed E-state index contributed by atoms with van der Waals surface area (Å²) in [5, 5.41) is 3.45. The number of hydrogen-bond donors (Lipinski definition) is 1. The van der Waals surface area contributed by atoms with Gasteiger partial charge in [-0.25, -0.2) is 8.42 Å². The van der Waals surface area contributed by atoms with Gasteiger partial charge in [0.2, 0.25) is 15.9 Å². The van der Waals surface area contributed by atoms with E-state index < -0.39 is 16.1 Å². The third kappa shape index (κ3) is 8.16. The highest BCUT2D eigenvalue weighted by molar-refractivity contribution is 7.89. The molecule has 2 amide bonds. The van der Waals surface area contributed by atoms with E-state index in [4.69, 9.17) is 21.1 Å². The first-order valence-electron chi connectivity index (χ1n) is 12.2. The van der Waals surface area contributed by atoms with Crippen LogP contribution in [0.25, 0.3) is 0 Å².